The van der Waals surface area contributed by atoms with E-state index in [9.17, 15) is 0 Å². The molecule has 1 fully saturated rings. The highest BCUT2D eigenvalue weighted by Gasteiger charge is 2.23. The number of rotatable bonds is 7. The fourth-order valence-corrected chi connectivity index (χ4v) is 1.84. The normalized spacial score (nSPS) is 15.9. The summed E-state index contributed by atoms with van der Waals surface area (Å²) in [7, 11) is 2.14. The van der Waals surface area contributed by atoms with Crippen LogP contribution in [0.1, 0.15) is 31.2 Å². The molecule has 4 heteroatoms. The average molecular weight is 223 g/mol. The van der Waals surface area contributed by atoms with Gasteiger partial charge in [-0.15, -0.1) is 0 Å². The lowest BCUT2D eigenvalue weighted by molar-refractivity contribution is 0.263. The lowest BCUT2D eigenvalue weighted by Crippen LogP contribution is -2.20. The van der Waals surface area contributed by atoms with Gasteiger partial charge in [0.25, 0.3) is 0 Å². The number of hydrogen-bond acceptors (Lipinski definition) is 4. The Morgan fingerprint density at radius 1 is 1.56 bits per heavy atom. The Bertz CT molecular complexity index is 320. The molecule has 0 radical (unpaired) electrons. The van der Waals surface area contributed by atoms with Crippen molar-refractivity contribution in [3.63, 3.8) is 0 Å². The van der Waals surface area contributed by atoms with Gasteiger partial charge in [-0.3, -0.25) is 4.90 Å². The smallest absolute Gasteiger partial charge is 0.151 e. The van der Waals surface area contributed by atoms with Crippen molar-refractivity contribution in [1.29, 1.82) is 0 Å². The molecule has 0 bridgehead atoms. The van der Waals surface area contributed by atoms with Crippen molar-refractivity contribution in [3.05, 3.63) is 17.5 Å². The molecule has 2 rings (SSSR count). The predicted molar refractivity (Wildman–Crippen MR) is 62.9 cm³/mol. The molecule has 0 saturated heterocycles. The Morgan fingerprint density at radius 2 is 2.38 bits per heavy atom. The summed E-state index contributed by atoms with van der Waals surface area (Å²) in [5.41, 5.74) is 0.997. The summed E-state index contributed by atoms with van der Waals surface area (Å²) in [6, 6.07) is 2.05. The van der Waals surface area contributed by atoms with Crippen molar-refractivity contribution in [3.8, 4) is 0 Å². The molecule has 0 aliphatic heterocycles. The molecule has 0 unspecified atom stereocenters. The summed E-state index contributed by atoms with van der Waals surface area (Å²) in [4.78, 5) is 2.31. The second kappa shape index (κ2) is 5.46. The van der Waals surface area contributed by atoms with Gasteiger partial charge in [0.1, 0.15) is 0 Å². The van der Waals surface area contributed by atoms with Crippen LogP contribution in [0.4, 0.5) is 0 Å². The van der Waals surface area contributed by atoms with Crippen LogP contribution in [0.2, 0.25) is 0 Å². The summed E-state index contributed by atoms with van der Waals surface area (Å²) >= 11 is 0. The fourth-order valence-electron chi connectivity index (χ4n) is 1.84. The minimum Gasteiger partial charge on any atom is -0.360 e. The van der Waals surface area contributed by atoms with Crippen molar-refractivity contribution in [2.45, 2.75) is 32.9 Å². The highest BCUT2D eigenvalue weighted by molar-refractivity contribution is 5.05. The molecular formula is C12H21N3O. The van der Waals surface area contributed by atoms with Gasteiger partial charge in [0, 0.05) is 19.2 Å². The summed E-state index contributed by atoms with van der Waals surface area (Å²) < 4.78 is 5.30. The zero-order valence-corrected chi connectivity index (χ0v) is 10.2. The van der Waals surface area contributed by atoms with Gasteiger partial charge in [-0.1, -0.05) is 12.1 Å². The van der Waals surface area contributed by atoms with Crippen LogP contribution >= 0.6 is 0 Å². The summed E-state index contributed by atoms with van der Waals surface area (Å²) in [6.07, 6.45) is 2.79. The first kappa shape index (κ1) is 11.6. The number of nitrogens with zero attached hydrogens (tertiary/aromatic N) is 2. The fraction of sp³-hybridized carbons (Fsp3) is 0.750. The Kier molecular flexibility index (Phi) is 3.96. The second-order valence-electron chi connectivity index (χ2n) is 4.71. The van der Waals surface area contributed by atoms with Crippen molar-refractivity contribution in [1.82, 2.24) is 15.4 Å². The summed E-state index contributed by atoms with van der Waals surface area (Å²) in [5, 5.41) is 7.27. The molecule has 1 saturated carbocycles. The quantitative estimate of drug-likeness (QED) is 0.762. The van der Waals surface area contributed by atoms with E-state index in [1.54, 1.807) is 0 Å². The zero-order chi connectivity index (χ0) is 11.4. The molecule has 1 N–H and O–H groups in total. The molecular weight excluding hydrogens is 202 g/mol. The molecule has 1 heterocycles. The van der Waals surface area contributed by atoms with E-state index in [1.165, 1.54) is 19.4 Å². The molecule has 1 aliphatic carbocycles. The third-order valence-corrected chi connectivity index (χ3v) is 2.86. The van der Waals surface area contributed by atoms with Gasteiger partial charge in [0.05, 0.1) is 12.2 Å². The van der Waals surface area contributed by atoms with Gasteiger partial charge in [-0.05, 0) is 32.4 Å². The Balaban J connectivity index is 1.76. The molecule has 0 atom stereocenters. The van der Waals surface area contributed by atoms with Crippen molar-refractivity contribution < 1.29 is 4.52 Å². The molecule has 1 aromatic rings. The van der Waals surface area contributed by atoms with Crippen molar-refractivity contribution >= 4 is 0 Å². The lowest BCUT2D eigenvalue weighted by Gasteiger charge is -2.13. The summed E-state index contributed by atoms with van der Waals surface area (Å²) in [6.45, 7) is 5.90. The highest BCUT2D eigenvalue weighted by Crippen LogP contribution is 2.29. The minimum absolute atomic E-state index is 0.798. The molecule has 0 spiro atoms. The standard InChI is InChI=1S/C12H21N3O/c1-3-13-7-11-6-12(16-14-11)9-15(2)8-10-4-5-10/h6,10,13H,3-5,7-9H2,1-2H3. The van der Waals surface area contributed by atoms with Crippen molar-refractivity contribution in [2.24, 2.45) is 5.92 Å². The van der Waals surface area contributed by atoms with Crippen LogP contribution in [-0.2, 0) is 13.1 Å². The third-order valence-electron chi connectivity index (χ3n) is 2.86. The third kappa shape index (κ3) is 3.61. The molecule has 4 nitrogen and oxygen atoms in total. The topological polar surface area (TPSA) is 41.3 Å². The van der Waals surface area contributed by atoms with E-state index in [2.05, 4.69) is 29.3 Å². The summed E-state index contributed by atoms with van der Waals surface area (Å²) in [5.74, 6) is 1.89. The van der Waals surface area contributed by atoms with E-state index >= 15 is 0 Å². The Morgan fingerprint density at radius 3 is 3.06 bits per heavy atom. The van der Waals surface area contributed by atoms with Gasteiger partial charge in [0.2, 0.25) is 0 Å². The molecule has 1 aromatic heterocycles. The van der Waals surface area contributed by atoms with Gasteiger partial charge in [0.15, 0.2) is 5.76 Å². The molecule has 0 amide bonds. The average Bonchev–Trinajstić information content (AvgIpc) is 2.94. The largest absolute Gasteiger partial charge is 0.360 e. The zero-order valence-electron chi connectivity index (χ0n) is 10.2. The Hall–Kier alpha value is -0.870. The van der Waals surface area contributed by atoms with Gasteiger partial charge in [-0.25, -0.2) is 0 Å². The molecule has 0 aromatic carbocycles. The number of nitrogens with one attached hydrogen (secondary N) is 1. The number of aromatic nitrogens is 1. The van der Waals surface area contributed by atoms with E-state index in [1.807, 2.05) is 6.07 Å². The van der Waals surface area contributed by atoms with Crippen LogP contribution < -0.4 is 5.32 Å². The number of hydrogen-bond donors (Lipinski definition) is 1. The van der Waals surface area contributed by atoms with E-state index in [0.717, 1.165) is 37.0 Å². The maximum atomic E-state index is 5.30. The van der Waals surface area contributed by atoms with Crippen LogP contribution in [0.3, 0.4) is 0 Å². The Labute approximate surface area is 97.0 Å². The molecule has 90 valence electrons. The first-order chi connectivity index (χ1) is 7.78. The first-order valence-electron chi connectivity index (χ1n) is 6.11. The SMILES string of the molecule is CCNCc1cc(CN(C)CC2CC2)on1. The van der Waals surface area contributed by atoms with E-state index in [-0.39, 0.29) is 0 Å². The lowest BCUT2D eigenvalue weighted by atomic mass is 10.3. The maximum absolute atomic E-state index is 5.30. The highest BCUT2D eigenvalue weighted by atomic mass is 16.5. The van der Waals surface area contributed by atoms with Gasteiger partial charge >= 0.3 is 0 Å². The molecule has 16 heavy (non-hydrogen) atoms. The molecule has 1 aliphatic rings. The second-order valence-corrected chi connectivity index (χ2v) is 4.71. The predicted octanol–water partition coefficient (Wildman–Crippen LogP) is 1.63. The van der Waals surface area contributed by atoms with Crippen LogP contribution in [0.15, 0.2) is 10.6 Å². The van der Waals surface area contributed by atoms with Crippen LogP contribution in [0.5, 0.6) is 0 Å². The van der Waals surface area contributed by atoms with E-state index in [0.29, 0.717) is 0 Å². The van der Waals surface area contributed by atoms with E-state index < -0.39 is 0 Å². The maximum Gasteiger partial charge on any atom is 0.151 e. The van der Waals surface area contributed by atoms with E-state index in [4.69, 9.17) is 4.52 Å². The van der Waals surface area contributed by atoms with Gasteiger partial charge < -0.3 is 9.84 Å². The van der Waals surface area contributed by atoms with Crippen LogP contribution in [0.25, 0.3) is 0 Å². The van der Waals surface area contributed by atoms with Gasteiger partial charge in [-0.2, -0.15) is 0 Å². The monoisotopic (exact) mass is 223 g/mol. The minimum atomic E-state index is 0.798. The first-order valence-corrected chi connectivity index (χ1v) is 6.11. The van der Waals surface area contributed by atoms with Crippen molar-refractivity contribution in [2.75, 3.05) is 20.1 Å². The van der Waals surface area contributed by atoms with Crippen LogP contribution in [-0.4, -0.2) is 30.2 Å². The van der Waals surface area contributed by atoms with Crippen LogP contribution in [0, 0.1) is 5.92 Å².